The largest absolute Gasteiger partial charge is 0.472 e. The molecule has 0 rings (SSSR count). The van der Waals surface area contributed by atoms with Gasteiger partial charge in [0.2, 0.25) is 5.91 Å². The normalized spacial score (nSPS) is 14.6. The summed E-state index contributed by atoms with van der Waals surface area (Å²) in [6.07, 6.45) is 48.7. The van der Waals surface area contributed by atoms with Crippen LogP contribution in [0.1, 0.15) is 194 Å². The fourth-order valence-electron chi connectivity index (χ4n) is 6.04. The van der Waals surface area contributed by atoms with E-state index >= 15 is 0 Å². The molecule has 3 unspecified atom stereocenters. The Labute approximate surface area is 326 Å². The summed E-state index contributed by atoms with van der Waals surface area (Å²) in [6, 6.07) is -0.887. The molecule has 0 aromatic heterocycles. The van der Waals surface area contributed by atoms with Crippen molar-refractivity contribution in [3.05, 3.63) is 48.6 Å². The molecule has 5 N–H and O–H groups in total. The standard InChI is InChI=1S/C44H83N2O6P/c1-3-5-7-9-11-13-15-17-19-21-22-23-25-27-29-31-33-35-37-43(47)42(41-52-53(49,50)51-40-39-45)46-44(48)38-36-34-32-30-28-26-24-20-18-16-14-12-10-8-6-4-2/h20-22,24,27,29,35,37,42-43,47H,3-19,23,25-26,28,30-34,36,38-41,45H2,1-2H3,(H,46,48)(H,49,50)/b22-21+,24-20-,29-27+,37-35+. The molecule has 0 radical (unpaired) electrons. The van der Waals surface area contributed by atoms with Gasteiger partial charge in [-0.05, 0) is 70.6 Å². The van der Waals surface area contributed by atoms with Crippen molar-refractivity contribution in [1.29, 1.82) is 0 Å². The second kappa shape index (κ2) is 40.1. The van der Waals surface area contributed by atoms with E-state index in [-0.39, 0.29) is 25.7 Å². The summed E-state index contributed by atoms with van der Waals surface area (Å²) >= 11 is 0. The molecule has 0 bridgehead atoms. The first-order valence-corrected chi connectivity index (χ1v) is 23.3. The van der Waals surface area contributed by atoms with Gasteiger partial charge in [0.25, 0.3) is 0 Å². The van der Waals surface area contributed by atoms with Gasteiger partial charge >= 0.3 is 7.82 Å². The number of aliphatic hydroxyl groups excluding tert-OH is 1. The fraction of sp³-hybridized carbons (Fsp3) is 0.795. The van der Waals surface area contributed by atoms with Crippen LogP contribution in [0.25, 0.3) is 0 Å². The lowest BCUT2D eigenvalue weighted by Crippen LogP contribution is -2.45. The number of phosphoric acid groups is 1. The van der Waals surface area contributed by atoms with Crippen molar-refractivity contribution in [3.63, 3.8) is 0 Å². The van der Waals surface area contributed by atoms with Crippen molar-refractivity contribution in [2.24, 2.45) is 5.73 Å². The lowest BCUT2D eigenvalue weighted by Gasteiger charge is -2.23. The Morgan fingerprint density at radius 1 is 0.604 bits per heavy atom. The van der Waals surface area contributed by atoms with Crippen molar-refractivity contribution in [1.82, 2.24) is 5.32 Å². The minimum absolute atomic E-state index is 0.0694. The van der Waals surface area contributed by atoms with Gasteiger partial charge in [0.05, 0.1) is 25.4 Å². The first-order valence-electron chi connectivity index (χ1n) is 21.8. The predicted molar refractivity (Wildman–Crippen MR) is 226 cm³/mol. The van der Waals surface area contributed by atoms with Gasteiger partial charge in [-0.25, -0.2) is 4.57 Å². The summed E-state index contributed by atoms with van der Waals surface area (Å²) in [5.74, 6) is -0.218. The van der Waals surface area contributed by atoms with Crippen LogP contribution in [0.5, 0.6) is 0 Å². The minimum atomic E-state index is -4.35. The Morgan fingerprint density at radius 2 is 1.00 bits per heavy atom. The molecule has 0 heterocycles. The lowest BCUT2D eigenvalue weighted by molar-refractivity contribution is -0.123. The van der Waals surface area contributed by atoms with Crippen LogP contribution in [-0.2, 0) is 18.4 Å². The maximum atomic E-state index is 12.7. The number of carbonyl (C=O) groups is 1. The highest BCUT2D eigenvalue weighted by atomic mass is 31.2. The smallest absolute Gasteiger partial charge is 0.387 e. The van der Waals surface area contributed by atoms with Crippen LogP contribution in [-0.4, -0.2) is 47.8 Å². The van der Waals surface area contributed by atoms with Crippen LogP contribution >= 0.6 is 7.82 Å². The molecule has 1 amide bonds. The molecule has 0 aromatic rings. The Kier molecular flexibility index (Phi) is 39.0. The molecule has 8 nitrogen and oxygen atoms in total. The first-order chi connectivity index (χ1) is 25.9. The van der Waals surface area contributed by atoms with Crippen molar-refractivity contribution in [2.75, 3.05) is 19.8 Å². The topological polar surface area (TPSA) is 131 Å². The van der Waals surface area contributed by atoms with Crippen LogP contribution < -0.4 is 11.1 Å². The van der Waals surface area contributed by atoms with Crippen LogP contribution in [0.2, 0.25) is 0 Å². The number of amides is 1. The van der Waals surface area contributed by atoms with Crippen molar-refractivity contribution in [3.8, 4) is 0 Å². The average molecular weight is 767 g/mol. The van der Waals surface area contributed by atoms with E-state index in [0.717, 1.165) is 64.2 Å². The van der Waals surface area contributed by atoms with Gasteiger partial charge in [-0.15, -0.1) is 0 Å². The minimum Gasteiger partial charge on any atom is -0.387 e. The van der Waals surface area contributed by atoms with E-state index in [1.165, 1.54) is 109 Å². The van der Waals surface area contributed by atoms with Crippen LogP contribution in [0.3, 0.4) is 0 Å². The van der Waals surface area contributed by atoms with Crippen LogP contribution in [0, 0.1) is 0 Å². The quantitative estimate of drug-likeness (QED) is 0.0277. The zero-order chi connectivity index (χ0) is 38.9. The Bertz CT molecular complexity index is 970. The molecule has 9 heteroatoms. The third kappa shape index (κ3) is 38.5. The number of hydrogen-bond acceptors (Lipinski definition) is 6. The second-order valence-corrected chi connectivity index (χ2v) is 16.0. The third-order valence-electron chi connectivity index (χ3n) is 9.35. The summed E-state index contributed by atoms with van der Waals surface area (Å²) in [6.45, 7) is 4.09. The van der Waals surface area contributed by atoms with E-state index in [2.05, 4.69) is 55.6 Å². The predicted octanol–water partition coefficient (Wildman–Crippen LogP) is 12.1. The van der Waals surface area contributed by atoms with E-state index in [1.54, 1.807) is 6.08 Å². The molecule has 3 atom stereocenters. The Hall–Kier alpha value is -1.54. The average Bonchev–Trinajstić information content (AvgIpc) is 3.14. The molecule has 53 heavy (non-hydrogen) atoms. The van der Waals surface area contributed by atoms with Gasteiger partial charge in [-0.1, -0.05) is 165 Å². The molecule has 0 aromatic carbocycles. The van der Waals surface area contributed by atoms with E-state index in [1.807, 2.05) is 6.08 Å². The Balaban J connectivity index is 4.33. The first kappa shape index (κ1) is 51.5. The van der Waals surface area contributed by atoms with E-state index < -0.39 is 20.0 Å². The monoisotopic (exact) mass is 767 g/mol. The van der Waals surface area contributed by atoms with Gasteiger partial charge in [-0.2, -0.15) is 0 Å². The van der Waals surface area contributed by atoms with E-state index in [9.17, 15) is 19.4 Å². The van der Waals surface area contributed by atoms with Crippen molar-refractivity contribution < 1.29 is 28.4 Å². The molecule has 0 aliphatic rings. The number of aliphatic hydroxyl groups is 1. The fourth-order valence-corrected chi connectivity index (χ4v) is 6.80. The number of hydrogen-bond donors (Lipinski definition) is 4. The molecule has 310 valence electrons. The number of rotatable bonds is 40. The molecule has 0 saturated carbocycles. The van der Waals surface area contributed by atoms with Gasteiger partial charge < -0.3 is 21.1 Å². The van der Waals surface area contributed by atoms with E-state index in [0.29, 0.717) is 6.42 Å². The van der Waals surface area contributed by atoms with Crippen LogP contribution in [0.15, 0.2) is 48.6 Å². The summed E-state index contributed by atoms with van der Waals surface area (Å²) in [7, 11) is -4.35. The van der Waals surface area contributed by atoms with Gasteiger partial charge in [-0.3, -0.25) is 13.8 Å². The highest BCUT2D eigenvalue weighted by molar-refractivity contribution is 7.47. The maximum Gasteiger partial charge on any atom is 0.472 e. The highest BCUT2D eigenvalue weighted by Gasteiger charge is 2.26. The van der Waals surface area contributed by atoms with Crippen molar-refractivity contribution >= 4 is 13.7 Å². The zero-order valence-corrected chi connectivity index (χ0v) is 35.1. The molecular formula is C44H83N2O6P. The van der Waals surface area contributed by atoms with Crippen molar-refractivity contribution in [2.45, 2.75) is 206 Å². The molecule has 0 saturated heterocycles. The van der Waals surface area contributed by atoms with Crippen LogP contribution in [0.4, 0.5) is 0 Å². The number of allylic oxidation sites excluding steroid dienone is 7. The third-order valence-corrected chi connectivity index (χ3v) is 10.3. The summed E-state index contributed by atoms with van der Waals surface area (Å²) in [4.78, 5) is 22.7. The number of phosphoric ester groups is 1. The second-order valence-electron chi connectivity index (χ2n) is 14.5. The van der Waals surface area contributed by atoms with Gasteiger partial charge in [0, 0.05) is 13.0 Å². The summed E-state index contributed by atoms with van der Waals surface area (Å²) in [5.41, 5.74) is 5.37. The number of nitrogens with two attached hydrogens (primary N) is 1. The molecule has 0 spiro atoms. The highest BCUT2D eigenvalue weighted by Crippen LogP contribution is 2.43. The lowest BCUT2D eigenvalue weighted by atomic mass is 10.1. The maximum absolute atomic E-state index is 12.7. The van der Waals surface area contributed by atoms with E-state index in [4.69, 9.17) is 14.8 Å². The number of carbonyl (C=O) groups excluding carboxylic acids is 1. The zero-order valence-electron chi connectivity index (χ0n) is 34.2. The molecule has 0 aliphatic carbocycles. The number of nitrogens with one attached hydrogen (secondary N) is 1. The summed E-state index contributed by atoms with van der Waals surface area (Å²) in [5, 5.41) is 13.6. The molecule has 0 fully saturated rings. The molecular weight excluding hydrogens is 683 g/mol. The Morgan fingerprint density at radius 3 is 1.45 bits per heavy atom. The van der Waals surface area contributed by atoms with Gasteiger partial charge in [0.1, 0.15) is 0 Å². The molecule has 0 aliphatic heterocycles. The van der Waals surface area contributed by atoms with Gasteiger partial charge in [0.15, 0.2) is 0 Å². The number of unbranched alkanes of at least 4 members (excludes halogenated alkanes) is 22. The summed E-state index contributed by atoms with van der Waals surface area (Å²) < 4.78 is 22.1. The SMILES string of the molecule is CCCCCCCCC/C=C\CCCCCCCC(=O)NC(COP(=O)(O)OCCN)C(O)/C=C/CC/C=C/CC/C=C/CCCCCCCCCC.